The van der Waals surface area contributed by atoms with Crippen LogP contribution in [-0.2, 0) is 0 Å². The topological polar surface area (TPSA) is 71.1 Å². The maximum Gasteiger partial charge on any atom is 0.187 e. The van der Waals surface area contributed by atoms with E-state index in [0.29, 0.717) is 60.6 Å². The summed E-state index contributed by atoms with van der Waals surface area (Å²) in [4.78, 5) is 28.1. The fourth-order valence-corrected chi connectivity index (χ4v) is 10.6. The molecule has 0 saturated heterocycles. The molecule has 0 radical (unpaired) electrons. The first-order valence-electron chi connectivity index (χ1n) is 30.9. The number of benzene rings is 3. The van der Waals surface area contributed by atoms with Crippen molar-refractivity contribution in [3.8, 4) is 23.0 Å². The molecule has 6 heteroatoms. The third-order valence-corrected chi connectivity index (χ3v) is 15.1. The van der Waals surface area contributed by atoms with Gasteiger partial charge >= 0.3 is 0 Å². The Morgan fingerprint density at radius 3 is 0.639 bits per heavy atom. The molecule has 3 aromatic rings. The van der Waals surface area contributed by atoms with Crippen molar-refractivity contribution in [2.45, 2.75) is 285 Å². The zero-order valence-corrected chi connectivity index (χ0v) is 47.0. The van der Waals surface area contributed by atoms with Crippen LogP contribution in [0.15, 0.2) is 36.4 Å². The fraction of sp³-hybridized carbons (Fsp3) is 0.727. The normalized spacial score (nSPS) is 12.4. The summed E-state index contributed by atoms with van der Waals surface area (Å²) in [6.45, 7) is 11.5. The average molecular weight is 996 g/mol. The highest BCUT2D eigenvalue weighted by molar-refractivity contribution is 6.34. The Bertz CT molecular complexity index is 1790. The molecule has 0 unspecified atom stereocenters. The van der Waals surface area contributed by atoms with E-state index in [1.54, 1.807) is 0 Å². The third kappa shape index (κ3) is 23.8. The van der Waals surface area contributed by atoms with E-state index in [1.165, 1.54) is 218 Å². The molecule has 0 saturated carbocycles. The van der Waals surface area contributed by atoms with Crippen LogP contribution in [0, 0.1) is 0 Å². The molecule has 0 aromatic heterocycles. The fourth-order valence-electron chi connectivity index (χ4n) is 10.6. The van der Waals surface area contributed by atoms with Crippen LogP contribution >= 0.6 is 0 Å². The van der Waals surface area contributed by atoms with Gasteiger partial charge in [0.05, 0.1) is 26.4 Å². The largest absolute Gasteiger partial charge is 0.490 e. The molecule has 0 heterocycles. The Balaban J connectivity index is 1.57. The highest BCUT2D eigenvalue weighted by Crippen LogP contribution is 2.45. The number of allylic oxidation sites excluding steroid dienone is 2. The molecule has 1 aliphatic rings. The standard InChI is InChI=1S/C66H106O6/c1-5-9-13-17-21-25-29-33-37-41-47-69-61-51-55-56-52-62(70-48-42-38-34-30-26-22-18-14-10-6-2)64(72-50-44-40-36-32-28-24-20-16-12-8-4)54-58(56)66-60(68)46-45-59(67)65(66)57(55)53-63(61)71-49-43-39-35-31-27-23-19-15-11-7-3/h45-46,51-54H,5-44,47-50H2,1-4H3. The smallest absolute Gasteiger partial charge is 0.187 e. The first-order chi connectivity index (χ1) is 35.5. The van der Waals surface area contributed by atoms with Gasteiger partial charge in [-0.15, -0.1) is 0 Å². The lowest BCUT2D eigenvalue weighted by atomic mass is 9.84. The lowest BCUT2D eigenvalue weighted by Gasteiger charge is -2.21. The molecule has 0 atom stereocenters. The second-order valence-electron chi connectivity index (χ2n) is 21.6. The maximum absolute atomic E-state index is 14.0. The Kier molecular flexibility index (Phi) is 33.8. The molecule has 0 aliphatic heterocycles. The number of ether oxygens (including phenoxy) is 4. The summed E-state index contributed by atoms with van der Waals surface area (Å²) in [6, 6.07) is 8.13. The van der Waals surface area contributed by atoms with Gasteiger partial charge in [-0.05, 0) is 83.6 Å². The molecule has 0 fully saturated rings. The number of hydrogen-bond acceptors (Lipinski definition) is 6. The van der Waals surface area contributed by atoms with Crippen LogP contribution in [0.2, 0.25) is 0 Å². The van der Waals surface area contributed by atoms with Gasteiger partial charge in [-0.2, -0.15) is 0 Å². The van der Waals surface area contributed by atoms with Gasteiger partial charge in [0.15, 0.2) is 34.6 Å². The van der Waals surface area contributed by atoms with Crippen molar-refractivity contribution < 1.29 is 28.5 Å². The first-order valence-corrected chi connectivity index (χ1v) is 30.9. The predicted octanol–water partition coefficient (Wildman–Crippen LogP) is 21.1. The molecule has 6 nitrogen and oxygen atoms in total. The van der Waals surface area contributed by atoms with Crippen LogP contribution in [0.3, 0.4) is 0 Å². The van der Waals surface area contributed by atoms with Crippen molar-refractivity contribution in [2.75, 3.05) is 26.4 Å². The zero-order valence-electron chi connectivity index (χ0n) is 47.0. The van der Waals surface area contributed by atoms with Gasteiger partial charge in [0.1, 0.15) is 0 Å². The minimum atomic E-state index is -0.162. The summed E-state index contributed by atoms with van der Waals surface area (Å²) in [5, 5.41) is 3.19. The minimum absolute atomic E-state index is 0.162. The van der Waals surface area contributed by atoms with Gasteiger partial charge in [-0.3, -0.25) is 9.59 Å². The Labute approximate surface area is 441 Å². The molecule has 0 N–H and O–H groups in total. The molecule has 3 aromatic carbocycles. The molecular weight excluding hydrogens is 889 g/mol. The summed E-state index contributed by atoms with van der Waals surface area (Å²) in [5.41, 5.74) is 0.879. The van der Waals surface area contributed by atoms with Gasteiger partial charge in [0.25, 0.3) is 0 Å². The van der Waals surface area contributed by atoms with Gasteiger partial charge in [-0.1, -0.05) is 259 Å². The van der Waals surface area contributed by atoms with Crippen molar-refractivity contribution in [2.24, 2.45) is 0 Å². The molecule has 0 spiro atoms. The number of ketones is 2. The minimum Gasteiger partial charge on any atom is -0.490 e. The summed E-state index contributed by atoms with van der Waals surface area (Å²) in [5.74, 6) is 2.37. The number of fused-ring (bicyclic) bond motifs is 6. The summed E-state index contributed by atoms with van der Waals surface area (Å²) in [6.07, 6.45) is 53.3. The van der Waals surface area contributed by atoms with E-state index in [-0.39, 0.29) is 11.6 Å². The zero-order chi connectivity index (χ0) is 51.1. The van der Waals surface area contributed by atoms with Gasteiger partial charge in [0.2, 0.25) is 0 Å². The van der Waals surface area contributed by atoms with Crippen molar-refractivity contribution in [3.63, 3.8) is 0 Å². The predicted molar refractivity (Wildman–Crippen MR) is 309 cm³/mol. The highest BCUT2D eigenvalue weighted by atomic mass is 16.5. The molecule has 406 valence electrons. The summed E-state index contributed by atoms with van der Waals surface area (Å²) >= 11 is 0. The summed E-state index contributed by atoms with van der Waals surface area (Å²) in [7, 11) is 0. The van der Waals surface area contributed by atoms with Crippen molar-refractivity contribution in [3.05, 3.63) is 47.5 Å². The highest BCUT2D eigenvalue weighted by Gasteiger charge is 2.28. The molecular formula is C66H106O6. The van der Waals surface area contributed by atoms with Crippen LogP contribution in [0.1, 0.15) is 305 Å². The molecule has 0 bridgehead atoms. The second-order valence-corrected chi connectivity index (χ2v) is 21.6. The quantitative estimate of drug-likeness (QED) is 0.0415. The monoisotopic (exact) mass is 995 g/mol. The van der Waals surface area contributed by atoms with Crippen LogP contribution in [0.5, 0.6) is 23.0 Å². The number of rotatable bonds is 48. The van der Waals surface area contributed by atoms with E-state index in [1.807, 2.05) is 12.1 Å². The van der Waals surface area contributed by atoms with Gasteiger partial charge < -0.3 is 18.9 Å². The molecule has 0 amide bonds. The molecule has 4 rings (SSSR count). The van der Waals surface area contributed by atoms with E-state index >= 15 is 0 Å². The van der Waals surface area contributed by atoms with Crippen LogP contribution < -0.4 is 18.9 Å². The summed E-state index contributed by atoms with van der Waals surface area (Å²) < 4.78 is 26.6. The van der Waals surface area contributed by atoms with E-state index in [2.05, 4.69) is 39.8 Å². The van der Waals surface area contributed by atoms with Crippen molar-refractivity contribution in [1.82, 2.24) is 0 Å². The number of carbonyl (C=O) groups is 2. The number of carbonyl (C=O) groups excluding carboxylic acids is 2. The lowest BCUT2D eigenvalue weighted by molar-refractivity contribution is 0.0996. The van der Waals surface area contributed by atoms with E-state index in [9.17, 15) is 9.59 Å². The van der Waals surface area contributed by atoms with Crippen molar-refractivity contribution >= 4 is 33.1 Å². The van der Waals surface area contributed by atoms with Crippen LogP contribution in [0.4, 0.5) is 0 Å². The number of hydrogen-bond donors (Lipinski definition) is 0. The Hall–Kier alpha value is -3.54. The van der Waals surface area contributed by atoms with Crippen LogP contribution in [0.25, 0.3) is 21.5 Å². The van der Waals surface area contributed by atoms with Gasteiger partial charge in [0, 0.05) is 11.1 Å². The second kappa shape index (κ2) is 39.9. The van der Waals surface area contributed by atoms with Crippen LogP contribution in [-0.4, -0.2) is 38.0 Å². The van der Waals surface area contributed by atoms with E-state index in [0.717, 1.165) is 72.9 Å². The third-order valence-electron chi connectivity index (χ3n) is 15.1. The molecule has 1 aliphatic carbocycles. The maximum atomic E-state index is 14.0. The number of unbranched alkanes of at least 4 members (excludes halogenated alkanes) is 36. The Morgan fingerprint density at radius 2 is 0.431 bits per heavy atom. The van der Waals surface area contributed by atoms with E-state index in [4.69, 9.17) is 18.9 Å². The SMILES string of the molecule is CCCCCCCCCCCCOc1cc2c3c(c4cc(OCCCCCCCCCCCC)c(OCCCCCCCCCCCC)cc4c2cc1OCCCCCCCCCCCC)C(=O)C=CC3=O. The van der Waals surface area contributed by atoms with E-state index < -0.39 is 0 Å². The Morgan fingerprint density at radius 1 is 0.250 bits per heavy atom. The molecule has 72 heavy (non-hydrogen) atoms. The lowest BCUT2D eigenvalue weighted by Crippen LogP contribution is -2.14. The van der Waals surface area contributed by atoms with Gasteiger partial charge in [-0.25, -0.2) is 0 Å². The first kappa shape index (κ1) is 61.0. The average Bonchev–Trinajstić information content (AvgIpc) is 3.39. The van der Waals surface area contributed by atoms with Crippen molar-refractivity contribution in [1.29, 1.82) is 0 Å².